The lowest BCUT2D eigenvalue weighted by molar-refractivity contribution is 0.0936. The van der Waals surface area contributed by atoms with Crippen LogP contribution in [0.2, 0.25) is 0 Å². The molecule has 1 N–H and O–H groups in total. The third-order valence-electron chi connectivity index (χ3n) is 2.24. The maximum absolute atomic E-state index is 11.7. The monoisotopic (exact) mass is 219 g/mol. The van der Waals surface area contributed by atoms with Crippen LogP contribution in [0.25, 0.3) is 5.65 Å². The summed E-state index contributed by atoms with van der Waals surface area (Å²) >= 11 is 0. The molecule has 2 aromatic heterocycles. The van der Waals surface area contributed by atoms with Crippen molar-refractivity contribution < 1.29 is 9.53 Å². The van der Waals surface area contributed by atoms with Crippen LogP contribution in [0.1, 0.15) is 10.4 Å². The Morgan fingerprint density at radius 2 is 2.44 bits per heavy atom. The highest BCUT2D eigenvalue weighted by Gasteiger charge is 2.05. The Morgan fingerprint density at radius 1 is 1.56 bits per heavy atom. The number of nitrogens with one attached hydrogen (secondary N) is 1. The minimum Gasteiger partial charge on any atom is -0.383 e. The number of aromatic nitrogens is 2. The largest absolute Gasteiger partial charge is 0.383 e. The van der Waals surface area contributed by atoms with Gasteiger partial charge in [-0.15, -0.1) is 0 Å². The van der Waals surface area contributed by atoms with Crippen molar-refractivity contribution in [2.45, 2.75) is 0 Å². The smallest absolute Gasteiger partial charge is 0.252 e. The molecular weight excluding hydrogens is 206 g/mol. The molecule has 0 aliphatic rings. The molecule has 2 rings (SSSR count). The molecule has 0 aliphatic carbocycles. The number of methoxy groups -OCH3 is 1. The summed E-state index contributed by atoms with van der Waals surface area (Å²) in [7, 11) is 1.60. The second-order valence-corrected chi connectivity index (χ2v) is 3.36. The molecule has 1 amide bonds. The minimum atomic E-state index is -0.104. The Balaban J connectivity index is 2.10. The second kappa shape index (κ2) is 4.76. The highest BCUT2D eigenvalue weighted by Crippen LogP contribution is 2.04. The summed E-state index contributed by atoms with van der Waals surface area (Å²) in [5.74, 6) is -0.104. The molecule has 84 valence electrons. The molecule has 5 heteroatoms. The quantitative estimate of drug-likeness (QED) is 0.770. The lowest BCUT2D eigenvalue weighted by atomic mass is 10.2. The fourth-order valence-electron chi connectivity index (χ4n) is 1.42. The molecule has 0 radical (unpaired) electrons. The number of hydrogen-bond acceptors (Lipinski definition) is 3. The summed E-state index contributed by atoms with van der Waals surface area (Å²) < 4.78 is 6.67. The molecule has 0 spiro atoms. The SMILES string of the molecule is COCCNC(=O)c1ccc2nccn2c1. The van der Waals surface area contributed by atoms with Gasteiger partial charge in [0.05, 0.1) is 12.2 Å². The van der Waals surface area contributed by atoms with Gasteiger partial charge in [0.1, 0.15) is 5.65 Å². The summed E-state index contributed by atoms with van der Waals surface area (Å²) in [5, 5.41) is 2.76. The van der Waals surface area contributed by atoms with E-state index in [4.69, 9.17) is 4.74 Å². The molecule has 0 atom stereocenters. The highest BCUT2D eigenvalue weighted by atomic mass is 16.5. The Morgan fingerprint density at radius 3 is 3.25 bits per heavy atom. The Bertz CT molecular complexity index is 493. The van der Waals surface area contributed by atoms with Gasteiger partial charge in [0.15, 0.2) is 0 Å². The molecule has 0 unspecified atom stereocenters. The van der Waals surface area contributed by atoms with E-state index in [1.807, 2.05) is 10.5 Å². The number of nitrogens with zero attached hydrogens (tertiary/aromatic N) is 2. The molecule has 2 heterocycles. The van der Waals surface area contributed by atoms with Crippen LogP contribution >= 0.6 is 0 Å². The number of pyridine rings is 1. The van der Waals surface area contributed by atoms with Gasteiger partial charge in [-0.2, -0.15) is 0 Å². The Hall–Kier alpha value is -1.88. The summed E-state index contributed by atoms with van der Waals surface area (Å²) in [5.41, 5.74) is 1.44. The third kappa shape index (κ3) is 2.20. The summed E-state index contributed by atoms with van der Waals surface area (Å²) in [6.45, 7) is 1.02. The van der Waals surface area contributed by atoms with Crippen molar-refractivity contribution in [3.63, 3.8) is 0 Å². The summed E-state index contributed by atoms with van der Waals surface area (Å²) in [6.07, 6.45) is 5.26. The zero-order valence-corrected chi connectivity index (χ0v) is 9.01. The van der Waals surface area contributed by atoms with Gasteiger partial charge in [0, 0.05) is 32.2 Å². The number of carbonyl (C=O) groups is 1. The molecule has 5 nitrogen and oxygen atoms in total. The van der Waals surface area contributed by atoms with Crippen molar-refractivity contribution in [3.05, 3.63) is 36.3 Å². The van der Waals surface area contributed by atoms with Crippen molar-refractivity contribution in [2.75, 3.05) is 20.3 Å². The van der Waals surface area contributed by atoms with Crippen LogP contribution in [0.15, 0.2) is 30.7 Å². The molecule has 2 aromatic rings. The predicted octanol–water partition coefficient (Wildman–Crippen LogP) is 0.710. The van der Waals surface area contributed by atoms with Gasteiger partial charge < -0.3 is 14.5 Å². The van der Waals surface area contributed by atoms with Gasteiger partial charge in [0.25, 0.3) is 5.91 Å². The number of rotatable bonds is 4. The first-order valence-corrected chi connectivity index (χ1v) is 5.01. The average Bonchev–Trinajstić information content (AvgIpc) is 2.76. The molecular formula is C11H13N3O2. The van der Waals surface area contributed by atoms with Gasteiger partial charge in [0.2, 0.25) is 0 Å². The summed E-state index contributed by atoms with van der Waals surface area (Å²) in [4.78, 5) is 15.8. The maximum atomic E-state index is 11.7. The van der Waals surface area contributed by atoms with Crippen LogP contribution in [-0.2, 0) is 4.74 Å². The van der Waals surface area contributed by atoms with Crippen LogP contribution in [0.5, 0.6) is 0 Å². The molecule has 0 aliphatic heterocycles. The number of carbonyl (C=O) groups excluding carboxylic acids is 1. The van der Waals surface area contributed by atoms with Crippen LogP contribution < -0.4 is 5.32 Å². The first-order chi connectivity index (χ1) is 7.81. The molecule has 0 saturated heterocycles. The van der Waals surface area contributed by atoms with E-state index in [1.165, 1.54) is 0 Å². The topological polar surface area (TPSA) is 55.6 Å². The van der Waals surface area contributed by atoms with Gasteiger partial charge in [-0.1, -0.05) is 0 Å². The Labute approximate surface area is 93.1 Å². The van der Waals surface area contributed by atoms with E-state index in [0.29, 0.717) is 18.7 Å². The summed E-state index contributed by atoms with van der Waals surface area (Å²) in [6, 6.07) is 3.57. The van der Waals surface area contributed by atoms with E-state index >= 15 is 0 Å². The maximum Gasteiger partial charge on any atom is 0.252 e. The number of amides is 1. The lowest BCUT2D eigenvalue weighted by Crippen LogP contribution is -2.27. The van der Waals surface area contributed by atoms with E-state index in [1.54, 1.807) is 31.8 Å². The molecule has 0 bridgehead atoms. The number of ether oxygens (including phenoxy) is 1. The van der Waals surface area contributed by atoms with Crippen LogP contribution in [0, 0.1) is 0 Å². The minimum absolute atomic E-state index is 0.104. The van der Waals surface area contributed by atoms with Gasteiger partial charge >= 0.3 is 0 Å². The molecule has 0 saturated carbocycles. The fraction of sp³-hybridized carbons (Fsp3) is 0.273. The number of hydrogen-bond donors (Lipinski definition) is 1. The molecule has 0 fully saturated rings. The zero-order chi connectivity index (χ0) is 11.4. The van der Waals surface area contributed by atoms with E-state index in [-0.39, 0.29) is 5.91 Å². The van der Waals surface area contributed by atoms with Crippen molar-refractivity contribution in [1.29, 1.82) is 0 Å². The number of imidazole rings is 1. The second-order valence-electron chi connectivity index (χ2n) is 3.36. The highest BCUT2D eigenvalue weighted by molar-refractivity contribution is 5.94. The van der Waals surface area contributed by atoms with Crippen molar-refractivity contribution in [2.24, 2.45) is 0 Å². The van der Waals surface area contributed by atoms with Crippen molar-refractivity contribution in [1.82, 2.24) is 14.7 Å². The van der Waals surface area contributed by atoms with E-state index in [2.05, 4.69) is 10.3 Å². The van der Waals surface area contributed by atoms with E-state index in [0.717, 1.165) is 5.65 Å². The first kappa shape index (κ1) is 10.6. The first-order valence-electron chi connectivity index (χ1n) is 5.01. The third-order valence-corrected chi connectivity index (χ3v) is 2.24. The van der Waals surface area contributed by atoms with Crippen LogP contribution in [-0.4, -0.2) is 35.6 Å². The average molecular weight is 219 g/mol. The normalized spacial score (nSPS) is 10.6. The predicted molar refractivity (Wildman–Crippen MR) is 59.4 cm³/mol. The molecule has 16 heavy (non-hydrogen) atoms. The number of fused-ring (bicyclic) bond motifs is 1. The molecule has 0 aromatic carbocycles. The van der Waals surface area contributed by atoms with Gasteiger partial charge in [-0.3, -0.25) is 4.79 Å². The Kier molecular flexibility index (Phi) is 3.16. The standard InChI is InChI=1S/C11H13N3O2/c1-16-7-5-13-11(15)9-2-3-10-12-4-6-14(10)8-9/h2-4,6,8H,5,7H2,1H3,(H,13,15). The van der Waals surface area contributed by atoms with Gasteiger partial charge in [-0.25, -0.2) is 4.98 Å². The zero-order valence-electron chi connectivity index (χ0n) is 9.01. The van der Waals surface area contributed by atoms with E-state index in [9.17, 15) is 4.79 Å². The van der Waals surface area contributed by atoms with E-state index < -0.39 is 0 Å². The van der Waals surface area contributed by atoms with Crippen LogP contribution in [0.4, 0.5) is 0 Å². The van der Waals surface area contributed by atoms with Crippen molar-refractivity contribution in [3.8, 4) is 0 Å². The van der Waals surface area contributed by atoms with Crippen molar-refractivity contribution >= 4 is 11.6 Å². The van der Waals surface area contributed by atoms with Crippen LogP contribution in [0.3, 0.4) is 0 Å². The van der Waals surface area contributed by atoms with Gasteiger partial charge in [-0.05, 0) is 12.1 Å². The fourth-order valence-corrected chi connectivity index (χ4v) is 1.42. The lowest BCUT2D eigenvalue weighted by Gasteiger charge is -2.04.